The molecule has 1 aromatic carbocycles. The summed E-state index contributed by atoms with van der Waals surface area (Å²) in [6.07, 6.45) is 3.20. The number of thiazole rings is 1. The first-order valence-electron chi connectivity index (χ1n) is 21.8. The van der Waals surface area contributed by atoms with Crippen molar-refractivity contribution in [2.45, 2.75) is 117 Å². The summed E-state index contributed by atoms with van der Waals surface area (Å²) in [7, 11) is 4.93. The van der Waals surface area contributed by atoms with Crippen molar-refractivity contribution < 1.29 is 33.4 Å². The molecule has 2 N–H and O–H groups in total. The van der Waals surface area contributed by atoms with Crippen molar-refractivity contribution >= 4 is 46.1 Å². The summed E-state index contributed by atoms with van der Waals surface area (Å²) in [5, 5.41) is 8.16. The molecule has 0 saturated carbocycles. The number of carbonyl (C=O) groups excluding carboxylic acids is 4. The number of ether oxygens (including phenoxy) is 3. The SMILES string of the molecule is CCn1c(-c2cccnc2[C@H](C)OC)c2c3cc(ccc31)-c1csc(n1)C[C@H](NC(=O)C(C(C)C)N(C)C(=O)N1C[C@@H](OC)[C@H]1C)C(=O)N1CCC[C@H](N1)C(=O)OCC(C)(C)C2. The Morgan fingerprint density at radius 1 is 1.16 bits per heavy atom. The normalized spacial score (nSPS) is 22.8. The number of benzene rings is 1. The van der Waals surface area contributed by atoms with E-state index in [1.54, 1.807) is 32.4 Å². The van der Waals surface area contributed by atoms with E-state index in [1.807, 2.05) is 39.1 Å². The van der Waals surface area contributed by atoms with Gasteiger partial charge in [-0.3, -0.25) is 24.4 Å². The largest absolute Gasteiger partial charge is 0.464 e. The maximum Gasteiger partial charge on any atom is 0.324 e. The molecular formula is C46H62N8O7S. The van der Waals surface area contributed by atoms with Crippen LogP contribution in [0.15, 0.2) is 41.9 Å². The number of likely N-dealkylation sites (tertiary alicyclic amines) is 1. The summed E-state index contributed by atoms with van der Waals surface area (Å²) in [6, 6.07) is 7.34. The highest BCUT2D eigenvalue weighted by Gasteiger charge is 2.44. The van der Waals surface area contributed by atoms with Crippen LogP contribution in [0.4, 0.5) is 4.79 Å². The molecule has 4 aromatic rings. The van der Waals surface area contributed by atoms with E-state index in [-0.39, 0.29) is 43.2 Å². The van der Waals surface area contributed by atoms with Crippen molar-refractivity contribution in [1.29, 1.82) is 0 Å². The van der Waals surface area contributed by atoms with Gasteiger partial charge >= 0.3 is 12.0 Å². The van der Waals surface area contributed by atoms with Gasteiger partial charge in [-0.05, 0) is 75.8 Å². The maximum absolute atomic E-state index is 14.5. The smallest absolute Gasteiger partial charge is 0.324 e. The van der Waals surface area contributed by atoms with Crippen molar-refractivity contribution in [3.05, 3.63) is 58.2 Å². The van der Waals surface area contributed by atoms with Crippen molar-refractivity contribution in [3.8, 4) is 22.5 Å². The van der Waals surface area contributed by atoms with E-state index in [2.05, 4.69) is 60.3 Å². The summed E-state index contributed by atoms with van der Waals surface area (Å²) in [6.45, 7) is 15.6. The van der Waals surface area contributed by atoms with Gasteiger partial charge in [0.2, 0.25) is 5.91 Å². The number of hydrazine groups is 1. The minimum atomic E-state index is -1.05. The first kappa shape index (κ1) is 45.1. The second-order valence-corrected chi connectivity index (χ2v) is 19.0. The molecule has 6 bridgehead atoms. The average Bonchev–Trinajstić information content (AvgIpc) is 3.85. The van der Waals surface area contributed by atoms with E-state index in [0.717, 1.165) is 44.7 Å². The number of carbonyl (C=O) groups is 4. The van der Waals surface area contributed by atoms with Gasteiger partial charge in [0, 0.05) is 79.8 Å². The summed E-state index contributed by atoms with van der Waals surface area (Å²) in [5.74, 6) is -1.57. The number of rotatable bonds is 9. The molecule has 6 heterocycles. The fraction of sp³-hybridized carbons (Fsp3) is 0.565. The second kappa shape index (κ2) is 18.4. The fourth-order valence-corrected chi connectivity index (χ4v) is 10.0. The van der Waals surface area contributed by atoms with Gasteiger partial charge in [-0.25, -0.2) is 15.2 Å². The van der Waals surface area contributed by atoms with E-state index in [0.29, 0.717) is 43.9 Å². The number of urea groups is 1. The molecule has 2 saturated heterocycles. The Hall–Kier alpha value is -4.90. The number of aromatic nitrogens is 3. The van der Waals surface area contributed by atoms with Crippen LogP contribution < -0.4 is 10.7 Å². The fourth-order valence-electron chi connectivity index (χ4n) is 9.17. The molecule has 2 fully saturated rings. The predicted molar refractivity (Wildman–Crippen MR) is 238 cm³/mol. The standard InChI is InChI=1S/C46H62N8O7S/c1-11-52-36-17-16-29-20-31(36)32(41(52)30-14-12-18-47-39(30)28(5)59-9)22-46(6,7)25-61-44(57)33-15-13-19-54(50-33)43(56)34(21-38-48-35(29)24-62-38)49-42(55)40(26(2)3)51(8)45(58)53-23-37(60-10)27(53)4/h12,14,16-18,20,24,26-28,33-34,37,40,50H,11,13,15,19,21-23,25H2,1-10H3,(H,49,55)/t27-,28+,33+,34+,37-,40?/m1/s1. The van der Waals surface area contributed by atoms with Gasteiger partial charge in [-0.1, -0.05) is 33.8 Å². The van der Waals surface area contributed by atoms with Gasteiger partial charge in [-0.15, -0.1) is 11.3 Å². The third kappa shape index (κ3) is 8.84. The molecule has 6 atom stereocenters. The van der Waals surface area contributed by atoms with E-state index in [9.17, 15) is 19.2 Å². The topological polar surface area (TPSA) is 160 Å². The Morgan fingerprint density at radius 2 is 1.94 bits per heavy atom. The first-order valence-corrected chi connectivity index (χ1v) is 22.6. The number of nitrogens with one attached hydrogen (secondary N) is 2. The van der Waals surface area contributed by atoms with E-state index < -0.39 is 41.3 Å². The van der Waals surface area contributed by atoms with Crippen LogP contribution in [0.5, 0.6) is 0 Å². The van der Waals surface area contributed by atoms with Gasteiger partial charge in [0.25, 0.3) is 5.91 Å². The lowest BCUT2D eigenvalue weighted by Gasteiger charge is -2.47. The maximum atomic E-state index is 14.5. The lowest BCUT2D eigenvalue weighted by atomic mass is 9.84. The van der Waals surface area contributed by atoms with Crippen LogP contribution in [-0.4, -0.2) is 124 Å². The highest BCUT2D eigenvalue weighted by molar-refractivity contribution is 7.10. The molecule has 4 amide bonds. The van der Waals surface area contributed by atoms with Crippen molar-refractivity contribution in [3.63, 3.8) is 0 Å². The Kier molecular flexibility index (Phi) is 13.4. The molecule has 3 aliphatic rings. The molecule has 0 radical (unpaired) electrons. The van der Waals surface area contributed by atoms with Crippen LogP contribution in [0.1, 0.15) is 83.7 Å². The number of fused-ring (bicyclic) bond motifs is 6. The highest BCUT2D eigenvalue weighted by Crippen LogP contribution is 2.42. The summed E-state index contributed by atoms with van der Waals surface area (Å²) in [5.41, 5.74) is 9.35. The van der Waals surface area contributed by atoms with Crippen LogP contribution in [0.3, 0.4) is 0 Å². The number of pyridine rings is 1. The minimum absolute atomic E-state index is 0.0692. The number of esters is 1. The number of hydrogen-bond donors (Lipinski definition) is 2. The predicted octanol–water partition coefficient (Wildman–Crippen LogP) is 6.00. The molecule has 15 nitrogen and oxygen atoms in total. The quantitative estimate of drug-likeness (QED) is 0.191. The summed E-state index contributed by atoms with van der Waals surface area (Å²) < 4.78 is 19.7. The second-order valence-electron chi connectivity index (χ2n) is 18.0. The highest BCUT2D eigenvalue weighted by atomic mass is 32.1. The Balaban J connectivity index is 1.29. The van der Waals surface area contributed by atoms with Gasteiger partial charge in [0.1, 0.15) is 18.1 Å². The zero-order valence-electron chi connectivity index (χ0n) is 37.7. The third-order valence-electron chi connectivity index (χ3n) is 12.7. The van der Waals surface area contributed by atoms with E-state index in [4.69, 9.17) is 24.2 Å². The van der Waals surface area contributed by atoms with E-state index in [1.165, 1.54) is 21.2 Å². The lowest BCUT2D eigenvalue weighted by Crippen LogP contribution is -2.66. The summed E-state index contributed by atoms with van der Waals surface area (Å²) >= 11 is 1.42. The first-order chi connectivity index (χ1) is 29.6. The number of cyclic esters (lactones) is 1. The number of likely N-dealkylation sites (N-methyl/N-ethyl adjacent to an activating group) is 1. The molecular weight excluding hydrogens is 809 g/mol. The zero-order valence-corrected chi connectivity index (χ0v) is 38.5. The molecule has 7 rings (SSSR count). The average molecular weight is 871 g/mol. The van der Waals surface area contributed by atoms with Gasteiger partial charge in [0.05, 0.1) is 53.5 Å². The van der Waals surface area contributed by atoms with Crippen molar-refractivity contribution in [2.75, 3.05) is 41.0 Å². The number of amides is 4. The van der Waals surface area contributed by atoms with Crippen molar-refractivity contribution in [1.82, 2.24) is 40.1 Å². The Morgan fingerprint density at radius 3 is 2.63 bits per heavy atom. The van der Waals surface area contributed by atoms with Crippen LogP contribution >= 0.6 is 11.3 Å². The van der Waals surface area contributed by atoms with E-state index >= 15 is 0 Å². The molecule has 3 aliphatic heterocycles. The number of aryl methyl sites for hydroxylation is 1. The summed E-state index contributed by atoms with van der Waals surface area (Å²) in [4.78, 5) is 69.4. The number of methoxy groups -OCH3 is 2. The molecule has 0 aliphatic carbocycles. The molecule has 16 heteroatoms. The third-order valence-corrected chi connectivity index (χ3v) is 13.6. The Labute approximate surface area is 368 Å². The molecule has 0 spiro atoms. The monoisotopic (exact) mass is 870 g/mol. The van der Waals surface area contributed by atoms with Gasteiger partial charge in [0.15, 0.2) is 0 Å². The zero-order chi connectivity index (χ0) is 44.6. The molecule has 334 valence electrons. The van der Waals surface area contributed by atoms with Crippen molar-refractivity contribution in [2.24, 2.45) is 11.3 Å². The number of hydrogen-bond acceptors (Lipinski definition) is 11. The van der Waals surface area contributed by atoms with Gasteiger partial charge < -0.3 is 33.9 Å². The lowest BCUT2D eigenvalue weighted by molar-refractivity contribution is -0.155. The molecule has 3 aromatic heterocycles. The van der Waals surface area contributed by atoms with Crippen LogP contribution in [0.2, 0.25) is 0 Å². The molecule has 1 unspecified atom stereocenters. The van der Waals surface area contributed by atoms with Gasteiger partial charge in [-0.2, -0.15) is 0 Å². The van der Waals surface area contributed by atoms with Crippen LogP contribution in [-0.2, 0) is 48.0 Å². The Bertz CT molecular complexity index is 2310. The van der Waals surface area contributed by atoms with Crippen LogP contribution in [0.25, 0.3) is 33.4 Å². The minimum Gasteiger partial charge on any atom is -0.464 e. The van der Waals surface area contributed by atoms with Crippen LogP contribution in [0, 0.1) is 11.3 Å². The molecule has 62 heavy (non-hydrogen) atoms. The number of nitrogens with zero attached hydrogens (tertiary/aromatic N) is 6.